The highest BCUT2D eigenvalue weighted by Crippen LogP contribution is 2.24. The third-order valence-electron chi connectivity index (χ3n) is 2.97. The van der Waals surface area contributed by atoms with Gasteiger partial charge in [-0.15, -0.1) is 0 Å². The highest BCUT2D eigenvalue weighted by molar-refractivity contribution is 6.13. The number of aromatic nitrogens is 3. The molecule has 0 aliphatic carbocycles. The third kappa shape index (κ3) is 2.49. The third-order valence-corrected chi connectivity index (χ3v) is 2.97. The molecule has 1 aromatic carbocycles. The van der Waals surface area contributed by atoms with Crippen LogP contribution in [0.2, 0.25) is 0 Å². The molecule has 3 rings (SSSR count). The molecule has 3 aromatic rings. The number of hydrogen-bond donors (Lipinski definition) is 3. The number of pyridine rings is 1. The normalized spacial score (nSPS) is 10.3. The number of carbonyl (C=O) groups is 1. The van der Waals surface area contributed by atoms with Gasteiger partial charge in [0.1, 0.15) is 5.82 Å². The molecule has 0 saturated heterocycles. The summed E-state index contributed by atoms with van der Waals surface area (Å²) in [7, 11) is 0. The Morgan fingerprint density at radius 2 is 1.71 bits per heavy atom. The van der Waals surface area contributed by atoms with Crippen molar-refractivity contribution in [3.63, 3.8) is 0 Å². The molecular formula is C14H12N6O. The van der Waals surface area contributed by atoms with Crippen molar-refractivity contribution in [2.45, 2.75) is 0 Å². The standard InChI is InChI=1S/C14H12N6O/c15-20-12-10-5-2-1-4-9(10)11(8-18-12)13(21)19-14-16-6-3-7-17-14/h1-8H,15H2,(H,18,20)(H,16,17,19,21). The number of nitrogens with zero attached hydrogens (tertiary/aromatic N) is 3. The Hall–Kier alpha value is -3.06. The molecule has 7 heteroatoms. The van der Waals surface area contributed by atoms with Crippen LogP contribution in [0.15, 0.2) is 48.9 Å². The number of nitrogens with one attached hydrogen (secondary N) is 2. The van der Waals surface area contributed by atoms with Crippen LogP contribution in [-0.2, 0) is 0 Å². The van der Waals surface area contributed by atoms with Crippen LogP contribution in [0.3, 0.4) is 0 Å². The molecule has 0 fully saturated rings. The second-order valence-electron chi connectivity index (χ2n) is 4.24. The molecule has 0 aliphatic rings. The summed E-state index contributed by atoms with van der Waals surface area (Å²) in [5, 5.41) is 4.14. The van der Waals surface area contributed by atoms with Gasteiger partial charge in [0.15, 0.2) is 0 Å². The van der Waals surface area contributed by atoms with Gasteiger partial charge in [-0.2, -0.15) is 0 Å². The zero-order chi connectivity index (χ0) is 14.7. The fourth-order valence-corrected chi connectivity index (χ4v) is 2.02. The van der Waals surface area contributed by atoms with E-state index in [0.717, 1.165) is 10.8 Å². The first kappa shape index (κ1) is 12.9. The number of rotatable bonds is 3. The molecule has 2 aromatic heterocycles. The minimum atomic E-state index is -0.325. The summed E-state index contributed by atoms with van der Waals surface area (Å²) in [4.78, 5) is 24.4. The molecule has 4 N–H and O–H groups in total. The summed E-state index contributed by atoms with van der Waals surface area (Å²) < 4.78 is 0. The van der Waals surface area contributed by atoms with Gasteiger partial charge < -0.3 is 5.43 Å². The van der Waals surface area contributed by atoms with E-state index in [4.69, 9.17) is 5.84 Å². The number of amides is 1. The lowest BCUT2D eigenvalue weighted by Gasteiger charge is -2.09. The molecule has 0 unspecified atom stereocenters. The summed E-state index contributed by atoms with van der Waals surface area (Å²) in [6, 6.07) is 9.05. The molecule has 7 nitrogen and oxygen atoms in total. The number of nitrogens with two attached hydrogens (primary N) is 1. The van der Waals surface area contributed by atoms with E-state index in [2.05, 4.69) is 25.7 Å². The monoisotopic (exact) mass is 280 g/mol. The average molecular weight is 280 g/mol. The van der Waals surface area contributed by atoms with Crippen molar-refractivity contribution in [2.24, 2.45) is 5.84 Å². The Morgan fingerprint density at radius 3 is 2.43 bits per heavy atom. The number of anilines is 2. The average Bonchev–Trinajstić information content (AvgIpc) is 2.54. The molecular weight excluding hydrogens is 268 g/mol. The van der Waals surface area contributed by atoms with Gasteiger partial charge in [-0.3, -0.25) is 10.1 Å². The fraction of sp³-hybridized carbons (Fsp3) is 0. The summed E-state index contributed by atoms with van der Waals surface area (Å²) in [6.45, 7) is 0. The number of hydrogen-bond acceptors (Lipinski definition) is 6. The minimum absolute atomic E-state index is 0.243. The Kier molecular flexibility index (Phi) is 3.40. The number of benzene rings is 1. The zero-order valence-corrected chi connectivity index (χ0v) is 10.9. The predicted molar refractivity (Wildman–Crippen MR) is 79.5 cm³/mol. The van der Waals surface area contributed by atoms with Gasteiger partial charge in [0.25, 0.3) is 5.91 Å². The summed E-state index contributed by atoms with van der Waals surface area (Å²) in [5.74, 6) is 5.86. The SMILES string of the molecule is NNc1ncc(C(=O)Nc2ncccn2)c2ccccc12. The van der Waals surface area contributed by atoms with Gasteiger partial charge in [-0.1, -0.05) is 24.3 Å². The van der Waals surface area contributed by atoms with Crippen LogP contribution in [0, 0.1) is 0 Å². The van der Waals surface area contributed by atoms with E-state index in [0.29, 0.717) is 11.4 Å². The molecule has 0 bridgehead atoms. The quantitative estimate of drug-likeness (QED) is 0.496. The molecule has 2 heterocycles. The molecule has 0 spiro atoms. The molecule has 0 radical (unpaired) electrons. The van der Waals surface area contributed by atoms with Crippen LogP contribution >= 0.6 is 0 Å². The zero-order valence-electron chi connectivity index (χ0n) is 10.9. The first-order valence-electron chi connectivity index (χ1n) is 6.22. The van der Waals surface area contributed by atoms with Gasteiger partial charge in [0.2, 0.25) is 5.95 Å². The highest BCUT2D eigenvalue weighted by Gasteiger charge is 2.14. The van der Waals surface area contributed by atoms with E-state index in [1.54, 1.807) is 18.5 Å². The highest BCUT2D eigenvalue weighted by atomic mass is 16.1. The van der Waals surface area contributed by atoms with E-state index in [-0.39, 0.29) is 11.9 Å². The topological polar surface area (TPSA) is 106 Å². The number of fused-ring (bicyclic) bond motifs is 1. The minimum Gasteiger partial charge on any atom is -0.308 e. The number of hydrazine groups is 1. The van der Waals surface area contributed by atoms with E-state index >= 15 is 0 Å². The molecule has 1 amide bonds. The summed E-state index contributed by atoms with van der Waals surface area (Å²) in [5.41, 5.74) is 2.95. The van der Waals surface area contributed by atoms with Crippen LogP contribution in [0.5, 0.6) is 0 Å². The van der Waals surface area contributed by atoms with Crippen molar-refractivity contribution in [3.05, 3.63) is 54.5 Å². The van der Waals surface area contributed by atoms with Crippen LogP contribution in [0.4, 0.5) is 11.8 Å². The summed E-state index contributed by atoms with van der Waals surface area (Å²) >= 11 is 0. The van der Waals surface area contributed by atoms with Gasteiger partial charge >= 0.3 is 0 Å². The number of nitrogen functional groups attached to an aromatic ring is 1. The Bertz CT molecular complexity index is 790. The van der Waals surface area contributed by atoms with Gasteiger partial charge in [-0.25, -0.2) is 20.8 Å². The Morgan fingerprint density at radius 1 is 1.00 bits per heavy atom. The van der Waals surface area contributed by atoms with Crippen LogP contribution in [0.1, 0.15) is 10.4 Å². The Balaban J connectivity index is 2.03. The lowest BCUT2D eigenvalue weighted by Crippen LogP contribution is -2.16. The van der Waals surface area contributed by atoms with E-state index in [1.165, 1.54) is 6.20 Å². The molecule has 0 saturated carbocycles. The van der Waals surface area contributed by atoms with Crippen molar-refractivity contribution in [1.29, 1.82) is 0 Å². The van der Waals surface area contributed by atoms with Gasteiger partial charge in [0, 0.05) is 24.0 Å². The summed E-state index contributed by atoms with van der Waals surface area (Å²) in [6.07, 6.45) is 4.58. The second kappa shape index (κ2) is 5.51. The fourth-order valence-electron chi connectivity index (χ4n) is 2.02. The van der Waals surface area contributed by atoms with Crippen molar-refractivity contribution in [2.75, 3.05) is 10.7 Å². The maximum atomic E-state index is 12.3. The maximum absolute atomic E-state index is 12.3. The molecule has 104 valence electrons. The Labute approximate surface area is 120 Å². The van der Waals surface area contributed by atoms with Crippen LogP contribution < -0.4 is 16.6 Å². The predicted octanol–water partition coefficient (Wildman–Crippen LogP) is 1.56. The molecule has 0 atom stereocenters. The van der Waals surface area contributed by atoms with Crippen LogP contribution in [-0.4, -0.2) is 20.9 Å². The first-order valence-corrected chi connectivity index (χ1v) is 6.22. The molecule has 21 heavy (non-hydrogen) atoms. The lowest BCUT2D eigenvalue weighted by atomic mass is 10.1. The second-order valence-corrected chi connectivity index (χ2v) is 4.24. The maximum Gasteiger partial charge on any atom is 0.260 e. The largest absolute Gasteiger partial charge is 0.308 e. The molecule has 0 aliphatic heterocycles. The van der Waals surface area contributed by atoms with E-state index in [1.807, 2.05) is 24.3 Å². The van der Waals surface area contributed by atoms with E-state index < -0.39 is 0 Å². The van der Waals surface area contributed by atoms with Crippen LogP contribution in [0.25, 0.3) is 10.8 Å². The van der Waals surface area contributed by atoms with E-state index in [9.17, 15) is 4.79 Å². The van der Waals surface area contributed by atoms with Gasteiger partial charge in [-0.05, 0) is 11.5 Å². The van der Waals surface area contributed by atoms with Crippen molar-refractivity contribution >= 4 is 28.4 Å². The lowest BCUT2D eigenvalue weighted by molar-refractivity contribution is 0.102. The number of carbonyl (C=O) groups excluding carboxylic acids is 1. The van der Waals surface area contributed by atoms with Crippen molar-refractivity contribution < 1.29 is 4.79 Å². The van der Waals surface area contributed by atoms with Crippen molar-refractivity contribution in [1.82, 2.24) is 15.0 Å². The van der Waals surface area contributed by atoms with Gasteiger partial charge in [0.05, 0.1) is 5.56 Å². The first-order chi connectivity index (χ1) is 10.3. The van der Waals surface area contributed by atoms with Crippen molar-refractivity contribution in [3.8, 4) is 0 Å². The smallest absolute Gasteiger partial charge is 0.260 e.